The first-order valence-electron chi connectivity index (χ1n) is 8.27. The van der Waals surface area contributed by atoms with Gasteiger partial charge < -0.3 is 10.6 Å². The summed E-state index contributed by atoms with van der Waals surface area (Å²) >= 11 is 0. The minimum atomic E-state index is -3.69. The van der Waals surface area contributed by atoms with Crippen LogP contribution >= 0.6 is 0 Å². The third-order valence-electron chi connectivity index (χ3n) is 3.82. The Balaban J connectivity index is 1.60. The van der Waals surface area contributed by atoms with Gasteiger partial charge in [-0.25, -0.2) is 13.6 Å². The predicted molar refractivity (Wildman–Crippen MR) is 104 cm³/mol. The minimum Gasteiger partial charge on any atom is -0.353 e. The molecule has 10 heteroatoms. The molecule has 0 unspecified atom stereocenters. The van der Waals surface area contributed by atoms with Crippen molar-refractivity contribution in [1.29, 1.82) is 5.26 Å². The van der Waals surface area contributed by atoms with Crippen molar-refractivity contribution in [3.8, 4) is 6.07 Å². The summed E-state index contributed by atoms with van der Waals surface area (Å²) in [7, 11) is -3.69. The molecule has 1 aromatic heterocycles. The van der Waals surface area contributed by atoms with Crippen LogP contribution in [0.4, 0.5) is 17.5 Å². The van der Waals surface area contributed by atoms with Crippen molar-refractivity contribution >= 4 is 27.5 Å². The maximum absolute atomic E-state index is 11.3. The van der Waals surface area contributed by atoms with E-state index < -0.39 is 10.0 Å². The molecular weight excluding hydrogens is 378 g/mol. The second-order valence-electron chi connectivity index (χ2n) is 5.81. The zero-order valence-corrected chi connectivity index (χ0v) is 15.5. The molecule has 2 aromatic carbocycles. The van der Waals surface area contributed by atoms with E-state index in [2.05, 4.69) is 31.9 Å². The molecule has 0 amide bonds. The maximum atomic E-state index is 11.3. The third kappa shape index (κ3) is 5.00. The molecule has 0 saturated heterocycles. The van der Waals surface area contributed by atoms with Crippen LogP contribution in [0.1, 0.15) is 11.1 Å². The fraction of sp³-hybridized carbons (Fsp3) is 0.111. The molecule has 3 aromatic rings. The van der Waals surface area contributed by atoms with Gasteiger partial charge >= 0.3 is 0 Å². The van der Waals surface area contributed by atoms with E-state index >= 15 is 0 Å². The van der Waals surface area contributed by atoms with Gasteiger partial charge in [0.1, 0.15) is 6.07 Å². The van der Waals surface area contributed by atoms with Crippen LogP contribution in [0.25, 0.3) is 0 Å². The Morgan fingerprint density at radius 2 is 1.86 bits per heavy atom. The average Bonchev–Trinajstić information content (AvgIpc) is 2.68. The maximum Gasteiger partial charge on any atom is 0.244 e. The van der Waals surface area contributed by atoms with Crippen LogP contribution in [0.5, 0.6) is 0 Å². The van der Waals surface area contributed by atoms with E-state index in [1.807, 2.05) is 6.07 Å². The van der Waals surface area contributed by atoms with Crippen LogP contribution in [0.15, 0.2) is 59.6 Å². The number of sulfonamides is 1. The van der Waals surface area contributed by atoms with Crippen molar-refractivity contribution in [1.82, 2.24) is 15.2 Å². The molecule has 142 valence electrons. The van der Waals surface area contributed by atoms with E-state index in [9.17, 15) is 8.42 Å². The summed E-state index contributed by atoms with van der Waals surface area (Å²) in [6, 6.07) is 15.5. The van der Waals surface area contributed by atoms with Gasteiger partial charge in [0.15, 0.2) is 5.82 Å². The summed E-state index contributed by atoms with van der Waals surface area (Å²) in [4.78, 5) is 4.40. The van der Waals surface area contributed by atoms with Gasteiger partial charge in [-0.1, -0.05) is 24.3 Å². The number of primary sulfonamides is 1. The van der Waals surface area contributed by atoms with Crippen molar-refractivity contribution in [2.75, 3.05) is 17.2 Å². The van der Waals surface area contributed by atoms with E-state index in [1.54, 1.807) is 30.3 Å². The minimum absolute atomic E-state index is 0.0770. The number of nitriles is 1. The number of benzene rings is 2. The number of nitrogens with zero attached hydrogens (tertiary/aromatic N) is 4. The van der Waals surface area contributed by atoms with Gasteiger partial charge in [0, 0.05) is 6.54 Å². The van der Waals surface area contributed by atoms with E-state index in [0.717, 1.165) is 5.56 Å². The molecule has 28 heavy (non-hydrogen) atoms. The van der Waals surface area contributed by atoms with Crippen molar-refractivity contribution in [2.45, 2.75) is 11.3 Å². The Morgan fingerprint density at radius 1 is 1.11 bits per heavy atom. The van der Waals surface area contributed by atoms with Crippen LogP contribution in [0, 0.1) is 11.3 Å². The van der Waals surface area contributed by atoms with Crippen LogP contribution in [0.3, 0.4) is 0 Å². The number of hydrogen-bond acceptors (Lipinski definition) is 8. The molecule has 4 N–H and O–H groups in total. The molecule has 0 bridgehead atoms. The molecule has 0 aliphatic carbocycles. The number of anilines is 3. The smallest absolute Gasteiger partial charge is 0.244 e. The molecule has 0 aliphatic rings. The van der Waals surface area contributed by atoms with Crippen LogP contribution in [-0.2, 0) is 16.4 Å². The fourth-order valence-corrected chi connectivity index (χ4v) is 2.95. The SMILES string of the molecule is N#Cc1ccccc1Nc1cnnc(NCCc2ccc(S(N)(=O)=O)cc2)n1. The van der Waals surface area contributed by atoms with Gasteiger partial charge in [0.25, 0.3) is 0 Å². The quantitative estimate of drug-likeness (QED) is 0.548. The van der Waals surface area contributed by atoms with Crippen LogP contribution < -0.4 is 15.8 Å². The van der Waals surface area contributed by atoms with Gasteiger partial charge in [-0.05, 0) is 36.2 Å². The Kier molecular flexibility index (Phi) is 5.78. The zero-order chi connectivity index (χ0) is 20.0. The van der Waals surface area contributed by atoms with E-state index in [-0.39, 0.29) is 4.90 Å². The van der Waals surface area contributed by atoms with Gasteiger partial charge in [0.05, 0.1) is 22.3 Å². The van der Waals surface area contributed by atoms with E-state index in [1.165, 1.54) is 18.3 Å². The number of rotatable bonds is 7. The molecule has 3 rings (SSSR count). The predicted octanol–water partition coefficient (Wildman–Crippen LogP) is 1.79. The largest absolute Gasteiger partial charge is 0.353 e. The summed E-state index contributed by atoms with van der Waals surface area (Å²) < 4.78 is 22.5. The average molecular weight is 395 g/mol. The molecule has 0 fully saturated rings. The van der Waals surface area contributed by atoms with Crippen molar-refractivity contribution in [3.05, 3.63) is 65.9 Å². The lowest BCUT2D eigenvalue weighted by Gasteiger charge is -2.09. The van der Waals surface area contributed by atoms with E-state index in [0.29, 0.717) is 36.0 Å². The molecule has 0 saturated carbocycles. The highest BCUT2D eigenvalue weighted by Crippen LogP contribution is 2.18. The number of nitrogens with two attached hydrogens (primary N) is 1. The summed E-state index contributed by atoms with van der Waals surface area (Å²) in [5.74, 6) is 0.790. The lowest BCUT2D eigenvalue weighted by molar-refractivity contribution is 0.598. The topological polar surface area (TPSA) is 147 Å². The number of para-hydroxylation sites is 1. The van der Waals surface area contributed by atoms with Gasteiger partial charge in [-0.15, -0.1) is 5.10 Å². The molecule has 0 radical (unpaired) electrons. The highest BCUT2D eigenvalue weighted by atomic mass is 32.2. The van der Waals surface area contributed by atoms with Crippen molar-refractivity contribution < 1.29 is 8.42 Å². The molecule has 9 nitrogen and oxygen atoms in total. The lowest BCUT2D eigenvalue weighted by Crippen LogP contribution is -2.12. The first-order valence-corrected chi connectivity index (χ1v) is 9.82. The Bertz CT molecular complexity index is 1110. The molecule has 0 aliphatic heterocycles. The highest BCUT2D eigenvalue weighted by Gasteiger charge is 2.07. The van der Waals surface area contributed by atoms with Crippen molar-refractivity contribution in [2.24, 2.45) is 5.14 Å². The zero-order valence-electron chi connectivity index (χ0n) is 14.7. The monoisotopic (exact) mass is 395 g/mol. The Hall–Kier alpha value is -3.55. The summed E-state index contributed by atoms with van der Waals surface area (Å²) in [6.07, 6.45) is 2.09. The molecule has 0 atom stereocenters. The Morgan fingerprint density at radius 3 is 2.57 bits per heavy atom. The summed E-state index contributed by atoms with van der Waals surface area (Å²) in [5.41, 5.74) is 2.06. The summed E-state index contributed by atoms with van der Waals surface area (Å²) in [6.45, 7) is 0.522. The molecule has 1 heterocycles. The lowest BCUT2D eigenvalue weighted by atomic mass is 10.1. The van der Waals surface area contributed by atoms with E-state index in [4.69, 9.17) is 10.4 Å². The normalized spacial score (nSPS) is 10.9. The molecular formula is C18H17N7O2S. The fourth-order valence-electron chi connectivity index (χ4n) is 2.43. The second kappa shape index (κ2) is 8.43. The van der Waals surface area contributed by atoms with Gasteiger partial charge in [-0.3, -0.25) is 0 Å². The summed E-state index contributed by atoms with van der Waals surface area (Å²) in [5, 5.41) is 28.2. The van der Waals surface area contributed by atoms with Gasteiger partial charge in [-0.2, -0.15) is 15.3 Å². The van der Waals surface area contributed by atoms with Crippen molar-refractivity contribution in [3.63, 3.8) is 0 Å². The van der Waals surface area contributed by atoms with Gasteiger partial charge in [0.2, 0.25) is 16.0 Å². The first-order chi connectivity index (χ1) is 13.5. The standard InChI is InChI=1S/C18H17N7O2S/c19-11-14-3-1-2-4-16(14)23-17-12-22-25-18(24-17)21-10-9-13-5-7-15(8-6-13)28(20,26)27/h1-8,12H,9-10H2,(H2,20,26,27)(H2,21,23,24,25). The second-order valence-corrected chi connectivity index (χ2v) is 7.37. The number of nitrogens with one attached hydrogen (secondary N) is 2. The van der Waals surface area contributed by atoms with Crippen LogP contribution in [-0.4, -0.2) is 30.1 Å². The Labute approximate surface area is 162 Å². The van der Waals surface area contributed by atoms with Crippen LogP contribution in [0.2, 0.25) is 0 Å². The first kappa shape index (κ1) is 19.2. The number of aromatic nitrogens is 3. The molecule has 0 spiro atoms. The third-order valence-corrected chi connectivity index (χ3v) is 4.75. The number of hydrogen-bond donors (Lipinski definition) is 3. The highest BCUT2D eigenvalue weighted by molar-refractivity contribution is 7.89.